The van der Waals surface area contributed by atoms with Gasteiger partial charge in [-0.15, -0.1) is 0 Å². The van der Waals surface area contributed by atoms with Gasteiger partial charge in [0.1, 0.15) is 0 Å². The number of benzene rings is 1. The molecule has 1 aromatic rings. The van der Waals surface area contributed by atoms with Crippen molar-refractivity contribution in [2.75, 3.05) is 26.4 Å². The van der Waals surface area contributed by atoms with Gasteiger partial charge in [-0.05, 0) is 11.1 Å². The van der Waals surface area contributed by atoms with Crippen LogP contribution >= 0.6 is 15.2 Å². The van der Waals surface area contributed by atoms with Crippen LogP contribution in [0, 0.1) is 10.8 Å². The van der Waals surface area contributed by atoms with E-state index in [4.69, 9.17) is 18.1 Å². The lowest BCUT2D eigenvalue weighted by Crippen LogP contribution is -2.29. The summed E-state index contributed by atoms with van der Waals surface area (Å²) in [6.45, 7) is 9.78. The van der Waals surface area contributed by atoms with Gasteiger partial charge in [0.15, 0.2) is 0 Å². The first-order valence-corrected chi connectivity index (χ1v) is 12.3. The van der Waals surface area contributed by atoms with E-state index >= 15 is 0 Å². The fourth-order valence-electron chi connectivity index (χ4n) is 2.63. The Morgan fingerprint density at radius 3 is 1.23 bits per heavy atom. The van der Waals surface area contributed by atoms with Gasteiger partial charge in [0, 0.05) is 10.8 Å². The molecule has 0 amide bonds. The van der Waals surface area contributed by atoms with Crippen molar-refractivity contribution in [2.24, 2.45) is 10.8 Å². The van der Waals surface area contributed by atoms with Gasteiger partial charge in [-0.25, -0.2) is 0 Å². The van der Waals surface area contributed by atoms with Crippen LogP contribution in [0.15, 0.2) is 24.3 Å². The molecule has 146 valence electrons. The predicted octanol–water partition coefficient (Wildman–Crippen LogP) is 5.22. The summed E-state index contributed by atoms with van der Waals surface area (Å²) in [5, 5.41) is 0. The minimum absolute atomic E-state index is 0.113. The molecule has 6 nitrogen and oxygen atoms in total. The summed E-state index contributed by atoms with van der Waals surface area (Å²) in [5.41, 5.74) is 1.50. The van der Waals surface area contributed by atoms with Crippen LogP contribution < -0.4 is 0 Å². The molecule has 26 heavy (non-hydrogen) atoms. The Morgan fingerprint density at radius 1 is 0.692 bits per heavy atom. The van der Waals surface area contributed by atoms with Crippen molar-refractivity contribution in [3.63, 3.8) is 0 Å². The normalized spacial score (nSPS) is 26.3. The van der Waals surface area contributed by atoms with Crippen LogP contribution in [0.5, 0.6) is 0 Å². The lowest BCUT2D eigenvalue weighted by molar-refractivity contribution is 0.0406. The number of hydrogen-bond donors (Lipinski definition) is 0. The van der Waals surface area contributed by atoms with Crippen LogP contribution in [-0.2, 0) is 39.5 Å². The van der Waals surface area contributed by atoms with Crippen LogP contribution in [-0.4, -0.2) is 26.4 Å². The predicted molar refractivity (Wildman–Crippen MR) is 100 cm³/mol. The molecule has 0 unspecified atom stereocenters. The molecule has 2 aliphatic rings. The van der Waals surface area contributed by atoms with Crippen molar-refractivity contribution in [3.05, 3.63) is 35.4 Å². The maximum absolute atomic E-state index is 12.7. The van der Waals surface area contributed by atoms with Gasteiger partial charge in [-0.1, -0.05) is 52.0 Å². The molecule has 2 heterocycles. The molecule has 2 saturated heterocycles. The molecule has 0 bridgehead atoms. The third-order valence-corrected chi connectivity index (χ3v) is 7.98. The summed E-state index contributed by atoms with van der Waals surface area (Å²) in [6.07, 6.45) is 0.477. The molecule has 0 N–H and O–H groups in total. The van der Waals surface area contributed by atoms with Crippen molar-refractivity contribution in [1.29, 1.82) is 0 Å². The Balaban J connectivity index is 1.59. The van der Waals surface area contributed by atoms with Crippen molar-refractivity contribution < 1.29 is 27.2 Å². The monoisotopic (exact) mass is 402 g/mol. The van der Waals surface area contributed by atoms with Gasteiger partial charge >= 0.3 is 15.2 Å². The molecule has 0 saturated carbocycles. The van der Waals surface area contributed by atoms with Crippen LogP contribution in [0.4, 0.5) is 0 Å². The fourth-order valence-corrected chi connectivity index (χ4v) is 6.65. The maximum atomic E-state index is 12.7. The standard InChI is InChI=1S/C18H28O6P2/c1-17(2)11-21-25(19,22-12-17)9-15-5-7-16(8-6-15)10-26(20)23-13-18(3,4)14-24-26/h5-8H,9-14H2,1-4H3. The Hall–Kier alpha value is -0.480. The lowest BCUT2D eigenvalue weighted by atomic mass is 9.97. The van der Waals surface area contributed by atoms with Crippen molar-refractivity contribution in [3.8, 4) is 0 Å². The van der Waals surface area contributed by atoms with Crippen LogP contribution in [0.1, 0.15) is 38.8 Å². The molecule has 8 heteroatoms. The van der Waals surface area contributed by atoms with Gasteiger partial charge in [0.2, 0.25) is 0 Å². The molecule has 0 aliphatic carbocycles. The van der Waals surface area contributed by atoms with Crippen LogP contribution in [0.2, 0.25) is 0 Å². The Morgan fingerprint density at radius 2 is 0.962 bits per heavy atom. The Bertz CT molecular complexity index is 650. The first-order valence-electron chi connectivity index (χ1n) is 8.83. The maximum Gasteiger partial charge on any atom is 0.335 e. The SMILES string of the molecule is CC1(C)COP(=O)(Cc2ccc(CP3(=O)OCC(C)(C)CO3)cc2)OC1. The summed E-state index contributed by atoms with van der Waals surface area (Å²) < 4.78 is 47.4. The number of hydrogen-bond acceptors (Lipinski definition) is 6. The molecule has 2 fully saturated rings. The third kappa shape index (κ3) is 5.28. The summed E-state index contributed by atoms with van der Waals surface area (Å²) in [4.78, 5) is 0. The highest BCUT2D eigenvalue weighted by atomic mass is 31.2. The van der Waals surface area contributed by atoms with Gasteiger partial charge in [0.25, 0.3) is 0 Å². The average molecular weight is 402 g/mol. The third-order valence-electron chi connectivity index (χ3n) is 4.38. The minimum atomic E-state index is -3.10. The average Bonchev–Trinajstić information content (AvgIpc) is 2.56. The second kappa shape index (κ2) is 7.16. The van der Waals surface area contributed by atoms with Crippen LogP contribution in [0.25, 0.3) is 0 Å². The zero-order valence-electron chi connectivity index (χ0n) is 15.9. The smallest absolute Gasteiger partial charge is 0.308 e. The van der Waals surface area contributed by atoms with E-state index < -0.39 is 15.2 Å². The van der Waals surface area contributed by atoms with Gasteiger partial charge in [-0.2, -0.15) is 0 Å². The van der Waals surface area contributed by atoms with Crippen molar-refractivity contribution in [2.45, 2.75) is 40.0 Å². The minimum Gasteiger partial charge on any atom is -0.308 e. The van der Waals surface area contributed by atoms with E-state index in [1.807, 2.05) is 52.0 Å². The molecular weight excluding hydrogens is 374 g/mol. The first kappa shape index (κ1) is 20.3. The molecule has 3 rings (SSSR count). The lowest BCUT2D eigenvalue weighted by Gasteiger charge is -2.34. The van der Waals surface area contributed by atoms with E-state index in [1.54, 1.807) is 0 Å². The summed E-state index contributed by atoms with van der Waals surface area (Å²) >= 11 is 0. The highest BCUT2D eigenvalue weighted by Crippen LogP contribution is 2.57. The first-order chi connectivity index (χ1) is 12.0. The summed E-state index contributed by atoms with van der Waals surface area (Å²) in [6, 6.07) is 7.45. The Labute approximate surface area is 155 Å². The van der Waals surface area contributed by atoms with E-state index in [-0.39, 0.29) is 23.2 Å². The van der Waals surface area contributed by atoms with Crippen molar-refractivity contribution >= 4 is 15.2 Å². The largest absolute Gasteiger partial charge is 0.335 e. The zero-order valence-corrected chi connectivity index (χ0v) is 17.7. The van der Waals surface area contributed by atoms with Gasteiger partial charge < -0.3 is 18.1 Å². The molecule has 0 spiro atoms. The van der Waals surface area contributed by atoms with Crippen molar-refractivity contribution in [1.82, 2.24) is 0 Å². The van der Waals surface area contributed by atoms with Gasteiger partial charge in [0.05, 0.1) is 38.8 Å². The van der Waals surface area contributed by atoms with Crippen LogP contribution in [0.3, 0.4) is 0 Å². The zero-order chi connectivity index (χ0) is 19.1. The quantitative estimate of drug-likeness (QED) is 0.643. The van der Waals surface area contributed by atoms with Gasteiger partial charge in [-0.3, -0.25) is 9.13 Å². The van der Waals surface area contributed by atoms with E-state index in [1.165, 1.54) is 0 Å². The molecule has 0 atom stereocenters. The second-order valence-electron chi connectivity index (χ2n) is 8.78. The summed E-state index contributed by atoms with van der Waals surface area (Å²) in [7, 11) is -6.19. The highest BCUT2D eigenvalue weighted by molar-refractivity contribution is 7.53. The highest BCUT2D eigenvalue weighted by Gasteiger charge is 2.38. The molecule has 0 radical (unpaired) electrons. The van der Waals surface area contributed by atoms with E-state index in [0.29, 0.717) is 26.4 Å². The molecular formula is C18H28O6P2. The molecule has 0 aromatic heterocycles. The Kier molecular flexibility index (Phi) is 5.58. The number of rotatable bonds is 4. The van der Waals surface area contributed by atoms with E-state index in [2.05, 4.69) is 0 Å². The molecule has 1 aromatic carbocycles. The summed E-state index contributed by atoms with van der Waals surface area (Å²) in [5.74, 6) is 0. The second-order valence-corrected chi connectivity index (χ2v) is 12.9. The topological polar surface area (TPSA) is 71.1 Å². The molecule has 2 aliphatic heterocycles. The fraction of sp³-hybridized carbons (Fsp3) is 0.667. The van der Waals surface area contributed by atoms with E-state index in [0.717, 1.165) is 11.1 Å². The van der Waals surface area contributed by atoms with E-state index in [9.17, 15) is 9.13 Å².